The first-order chi connectivity index (χ1) is 15.2. The van der Waals surface area contributed by atoms with E-state index in [1.807, 2.05) is 37.4 Å². The number of benzene rings is 2. The topological polar surface area (TPSA) is 72.7 Å². The third-order valence-electron chi connectivity index (χ3n) is 5.11. The summed E-state index contributed by atoms with van der Waals surface area (Å²) in [6, 6.07) is 14.6. The molecule has 0 amide bonds. The van der Waals surface area contributed by atoms with Gasteiger partial charge in [-0.1, -0.05) is 43.2 Å². The van der Waals surface area contributed by atoms with Crippen molar-refractivity contribution in [1.29, 1.82) is 0 Å². The lowest BCUT2D eigenvalue weighted by Gasteiger charge is -2.11. The number of ether oxygens (including phenoxy) is 2. The summed E-state index contributed by atoms with van der Waals surface area (Å²) in [7, 11) is 3.51. The zero-order valence-corrected chi connectivity index (χ0v) is 18.4. The van der Waals surface area contributed by atoms with Gasteiger partial charge in [-0.15, -0.1) is 0 Å². The van der Waals surface area contributed by atoms with Gasteiger partial charge in [-0.3, -0.25) is 4.79 Å². The first-order valence-corrected chi connectivity index (χ1v) is 10.9. The summed E-state index contributed by atoms with van der Waals surface area (Å²) < 4.78 is 17.4. The molecule has 0 saturated heterocycles. The molecule has 3 aromatic rings. The van der Waals surface area contributed by atoms with Crippen LogP contribution >= 0.6 is 0 Å². The van der Waals surface area contributed by atoms with E-state index >= 15 is 0 Å². The van der Waals surface area contributed by atoms with Gasteiger partial charge < -0.3 is 24.5 Å². The lowest BCUT2D eigenvalue weighted by molar-refractivity contribution is 0.302. The number of rotatable bonds is 13. The Balaban J connectivity index is 1.60. The zero-order chi connectivity index (χ0) is 21.9. The molecule has 0 unspecified atom stereocenters. The normalized spacial score (nSPS) is 11.0. The minimum Gasteiger partial charge on any atom is -0.496 e. The number of methoxy groups -OCH3 is 1. The third kappa shape index (κ3) is 6.57. The van der Waals surface area contributed by atoms with Gasteiger partial charge in [0.1, 0.15) is 28.2 Å². The second kappa shape index (κ2) is 12.1. The van der Waals surface area contributed by atoms with E-state index in [-0.39, 0.29) is 5.43 Å². The van der Waals surface area contributed by atoms with Crippen LogP contribution < -0.4 is 25.5 Å². The zero-order valence-electron chi connectivity index (χ0n) is 18.4. The fourth-order valence-electron chi connectivity index (χ4n) is 3.45. The molecule has 1 heterocycles. The number of fused-ring (bicyclic) bond motifs is 1. The highest BCUT2D eigenvalue weighted by atomic mass is 16.5. The maximum Gasteiger partial charge on any atom is 0.197 e. The molecule has 0 fully saturated rings. The predicted octanol–water partition coefficient (Wildman–Crippen LogP) is 4.22. The van der Waals surface area contributed by atoms with Crippen molar-refractivity contribution in [2.45, 2.75) is 25.7 Å². The molecule has 0 aliphatic heterocycles. The van der Waals surface area contributed by atoms with Crippen LogP contribution in [0.15, 0.2) is 57.7 Å². The van der Waals surface area contributed by atoms with Crippen molar-refractivity contribution in [2.24, 2.45) is 0 Å². The molecule has 0 atom stereocenters. The molecule has 0 aliphatic rings. The van der Waals surface area contributed by atoms with Gasteiger partial charge in [0.05, 0.1) is 13.7 Å². The molecular formula is C25H32N2O4. The summed E-state index contributed by atoms with van der Waals surface area (Å²) >= 11 is 0. The van der Waals surface area contributed by atoms with Gasteiger partial charge in [-0.25, -0.2) is 0 Å². The minimum atomic E-state index is -0.133. The molecule has 6 heteroatoms. The van der Waals surface area contributed by atoms with E-state index < -0.39 is 0 Å². The first-order valence-electron chi connectivity index (χ1n) is 10.9. The molecular weight excluding hydrogens is 392 g/mol. The maximum atomic E-state index is 12.7. The van der Waals surface area contributed by atoms with Gasteiger partial charge in [0, 0.05) is 36.9 Å². The Morgan fingerprint density at radius 2 is 1.74 bits per heavy atom. The first kappa shape index (κ1) is 22.8. The van der Waals surface area contributed by atoms with Crippen LogP contribution in [0, 0.1) is 0 Å². The average molecular weight is 425 g/mol. The second-order valence-corrected chi connectivity index (χ2v) is 7.46. The third-order valence-corrected chi connectivity index (χ3v) is 5.11. The molecule has 2 aromatic carbocycles. The summed E-state index contributed by atoms with van der Waals surface area (Å²) in [5, 5.41) is 6.96. The molecule has 0 radical (unpaired) electrons. The van der Waals surface area contributed by atoms with Crippen LogP contribution in [0.2, 0.25) is 0 Å². The van der Waals surface area contributed by atoms with Gasteiger partial charge in [0.2, 0.25) is 0 Å². The summed E-state index contributed by atoms with van der Waals surface area (Å²) in [6.45, 7) is 3.67. The molecule has 0 bridgehead atoms. The summed E-state index contributed by atoms with van der Waals surface area (Å²) in [5.41, 5.74) is 1.19. The van der Waals surface area contributed by atoms with Crippen LogP contribution in [-0.2, 0) is 0 Å². The van der Waals surface area contributed by atoms with Crippen LogP contribution in [0.3, 0.4) is 0 Å². The van der Waals surface area contributed by atoms with Crippen molar-refractivity contribution >= 4 is 11.0 Å². The monoisotopic (exact) mass is 424 g/mol. The summed E-state index contributed by atoms with van der Waals surface area (Å²) in [4.78, 5) is 12.7. The lowest BCUT2D eigenvalue weighted by atomic mass is 10.1. The van der Waals surface area contributed by atoms with Crippen molar-refractivity contribution in [3.8, 4) is 22.8 Å². The van der Waals surface area contributed by atoms with Crippen LogP contribution in [0.25, 0.3) is 22.3 Å². The van der Waals surface area contributed by atoms with E-state index in [9.17, 15) is 4.79 Å². The lowest BCUT2D eigenvalue weighted by Crippen LogP contribution is -2.25. The number of hydrogen-bond donors (Lipinski definition) is 2. The van der Waals surface area contributed by atoms with Crippen LogP contribution in [-0.4, -0.2) is 40.4 Å². The SMILES string of the molecule is CNCCNCCCCCCOc1cc(OC)c2c(=O)cc(-c3ccccc3)oc2c1. The smallest absolute Gasteiger partial charge is 0.197 e. The van der Waals surface area contributed by atoms with Crippen molar-refractivity contribution < 1.29 is 13.9 Å². The van der Waals surface area contributed by atoms with Gasteiger partial charge in [0.25, 0.3) is 0 Å². The summed E-state index contributed by atoms with van der Waals surface area (Å²) in [6.07, 6.45) is 4.43. The number of nitrogens with one attached hydrogen (secondary N) is 2. The Morgan fingerprint density at radius 3 is 2.52 bits per heavy atom. The Morgan fingerprint density at radius 1 is 0.935 bits per heavy atom. The summed E-state index contributed by atoms with van der Waals surface area (Å²) in [5.74, 6) is 1.64. The molecule has 1 aromatic heterocycles. The number of likely N-dealkylation sites (N-methyl/N-ethyl adjacent to an activating group) is 1. The number of unbranched alkanes of at least 4 members (excludes halogenated alkanes) is 3. The largest absolute Gasteiger partial charge is 0.496 e. The molecule has 2 N–H and O–H groups in total. The molecule has 6 nitrogen and oxygen atoms in total. The van der Waals surface area contributed by atoms with Crippen molar-refractivity contribution in [2.75, 3.05) is 40.4 Å². The molecule has 0 saturated carbocycles. The van der Waals surface area contributed by atoms with Crippen LogP contribution in [0.4, 0.5) is 0 Å². The Labute approximate surface area is 183 Å². The van der Waals surface area contributed by atoms with E-state index in [1.165, 1.54) is 18.9 Å². The molecule has 0 spiro atoms. The number of hydrogen-bond acceptors (Lipinski definition) is 6. The highest BCUT2D eigenvalue weighted by Crippen LogP contribution is 2.31. The van der Waals surface area contributed by atoms with Crippen molar-refractivity contribution in [3.63, 3.8) is 0 Å². The molecule has 0 aliphatic carbocycles. The van der Waals surface area contributed by atoms with E-state index in [0.29, 0.717) is 34.8 Å². The van der Waals surface area contributed by atoms with Gasteiger partial charge >= 0.3 is 0 Å². The maximum absolute atomic E-state index is 12.7. The van der Waals surface area contributed by atoms with Crippen LogP contribution in [0.1, 0.15) is 25.7 Å². The quantitative estimate of drug-likeness (QED) is 0.400. The van der Waals surface area contributed by atoms with E-state index in [4.69, 9.17) is 13.9 Å². The fraction of sp³-hybridized carbons (Fsp3) is 0.400. The Bertz CT molecular complexity index is 1000. The second-order valence-electron chi connectivity index (χ2n) is 7.46. The van der Waals surface area contributed by atoms with Crippen molar-refractivity contribution in [3.05, 3.63) is 58.8 Å². The highest BCUT2D eigenvalue weighted by molar-refractivity contribution is 5.86. The fourth-order valence-corrected chi connectivity index (χ4v) is 3.45. The average Bonchev–Trinajstić information content (AvgIpc) is 2.80. The standard InChI is InChI=1S/C25H32N2O4/c1-26-13-14-27-12-8-3-4-9-15-30-20-16-23(29-2)25-21(28)18-22(31-24(25)17-20)19-10-6-5-7-11-19/h5-7,10-11,16-18,26-27H,3-4,8-9,12-15H2,1-2H3. The Kier molecular flexibility index (Phi) is 8.94. The van der Waals surface area contributed by atoms with E-state index in [1.54, 1.807) is 19.2 Å². The molecule has 3 rings (SSSR count). The Hall–Kier alpha value is -2.83. The predicted molar refractivity (Wildman–Crippen MR) is 125 cm³/mol. The molecule has 166 valence electrons. The van der Waals surface area contributed by atoms with Gasteiger partial charge in [0.15, 0.2) is 5.43 Å². The van der Waals surface area contributed by atoms with Gasteiger partial charge in [-0.05, 0) is 26.4 Å². The van der Waals surface area contributed by atoms with E-state index in [2.05, 4.69) is 10.6 Å². The van der Waals surface area contributed by atoms with Crippen molar-refractivity contribution in [1.82, 2.24) is 10.6 Å². The van der Waals surface area contributed by atoms with E-state index in [0.717, 1.165) is 38.0 Å². The van der Waals surface area contributed by atoms with Gasteiger partial charge in [-0.2, -0.15) is 0 Å². The van der Waals surface area contributed by atoms with Crippen LogP contribution in [0.5, 0.6) is 11.5 Å². The highest BCUT2D eigenvalue weighted by Gasteiger charge is 2.14. The molecule has 31 heavy (non-hydrogen) atoms. The minimum absolute atomic E-state index is 0.133.